The summed E-state index contributed by atoms with van der Waals surface area (Å²) >= 11 is 0. The Morgan fingerprint density at radius 3 is 2.35 bits per heavy atom. The van der Waals surface area contributed by atoms with E-state index in [4.69, 9.17) is 4.74 Å². The van der Waals surface area contributed by atoms with E-state index in [-0.39, 0.29) is 0 Å². The molecule has 0 saturated heterocycles. The van der Waals surface area contributed by atoms with Gasteiger partial charge in [-0.3, -0.25) is 0 Å². The zero-order valence-electron chi connectivity index (χ0n) is 15.5. The van der Waals surface area contributed by atoms with Crippen LogP contribution in [0.1, 0.15) is 90.0 Å². The van der Waals surface area contributed by atoms with E-state index in [0.29, 0.717) is 0 Å². The van der Waals surface area contributed by atoms with Gasteiger partial charge in [-0.1, -0.05) is 65.0 Å². The molecule has 0 N–H and O–H groups in total. The SMILES string of the molecule is CCCCCC1CCC(c2ccc(OCCCC)cc2)C(C)C1. The molecule has 3 unspecified atom stereocenters. The molecule has 1 saturated carbocycles. The molecule has 0 heterocycles. The Morgan fingerprint density at radius 2 is 1.70 bits per heavy atom. The van der Waals surface area contributed by atoms with E-state index in [9.17, 15) is 0 Å². The highest BCUT2D eigenvalue weighted by Gasteiger charge is 2.28. The Bertz CT molecular complexity index is 422. The van der Waals surface area contributed by atoms with E-state index in [0.717, 1.165) is 36.5 Å². The van der Waals surface area contributed by atoms with Gasteiger partial charge in [-0.25, -0.2) is 0 Å². The van der Waals surface area contributed by atoms with Crippen LogP contribution in [-0.4, -0.2) is 6.61 Å². The van der Waals surface area contributed by atoms with E-state index in [2.05, 4.69) is 45.0 Å². The van der Waals surface area contributed by atoms with Crippen molar-refractivity contribution in [2.24, 2.45) is 11.8 Å². The molecule has 1 heteroatoms. The van der Waals surface area contributed by atoms with Crippen LogP contribution in [0.25, 0.3) is 0 Å². The maximum Gasteiger partial charge on any atom is 0.119 e. The molecule has 1 aliphatic rings. The van der Waals surface area contributed by atoms with Crippen LogP contribution in [-0.2, 0) is 0 Å². The van der Waals surface area contributed by atoms with Gasteiger partial charge in [-0.15, -0.1) is 0 Å². The predicted molar refractivity (Wildman–Crippen MR) is 100 cm³/mol. The summed E-state index contributed by atoms with van der Waals surface area (Å²) in [6.07, 6.45) is 12.2. The highest BCUT2D eigenvalue weighted by Crippen LogP contribution is 2.42. The van der Waals surface area contributed by atoms with Crippen LogP contribution in [0, 0.1) is 11.8 Å². The Kier molecular flexibility index (Phi) is 7.99. The van der Waals surface area contributed by atoms with Gasteiger partial charge in [-0.05, 0) is 61.1 Å². The molecule has 0 bridgehead atoms. The van der Waals surface area contributed by atoms with Gasteiger partial charge in [-0.2, -0.15) is 0 Å². The van der Waals surface area contributed by atoms with Gasteiger partial charge in [0.05, 0.1) is 6.61 Å². The van der Waals surface area contributed by atoms with Gasteiger partial charge in [0.25, 0.3) is 0 Å². The van der Waals surface area contributed by atoms with Gasteiger partial charge in [0.1, 0.15) is 5.75 Å². The number of benzene rings is 1. The summed E-state index contributed by atoms with van der Waals surface area (Å²) in [5.74, 6) is 3.58. The molecule has 0 aromatic heterocycles. The maximum atomic E-state index is 5.79. The second kappa shape index (κ2) is 10.0. The molecule has 1 aromatic carbocycles. The lowest BCUT2D eigenvalue weighted by Gasteiger charge is -2.34. The predicted octanol–water partition coefficient (Wildman–Crippen LogP) is 6.97. The largest absolute Gasteiger partial charge is 0.494 e. The van der Waals surface area contributed by atoms with Crippen molar-refractivity contribution in [1.82, 2.24) is 0 Å². The second-order valence-electron chi connectivity index (χ2n) is 7.53. The van der Waals surface area contributed by atoms with Crippen LogP contribution < -0.4 is 4.74 Å². The summed E-state index contributed by atoms with van der Waals surface area (Å²) in [5.41, 5.74) is 1.52. The minimum atomic E-state index is 0.752. The average Bonchev–Trinajstić information content (AvgIpc) is 2.56. The summed E-state index contributed by atoms with van der Waals surface area (Å²) in [7, 11) is 0. The van der Waals surface area contributed by atoms with Crippen LogP contribution in [0.15, 0.2) is 24.3 Å². The summed E-state index contributed by atoms with van der Waals surface area (Å²) in [4.78, 5) is 0. The first-order valence-electron chi connectivity index (χ1n) is 9.97. The van der Waals surface area contributed by atoms with E-state index in [1.165, 1.54) is 56.9 Å². The van der Waals surface area contributed by atoms with Crippen molar-refractivity contribution >= 4 is 0 Å². The fourth-order valence-electron chi connectivity index (χ4n) is 4.09. The first kappa shape index (κ1) is 18.4. The minimum Gasteiger partial charge on any atom is -0.494 e. The molecule has 23 heavy (non-hydrogen) atoms. The third kappa shape index (κ3) is 5.86. The lowest BCUT2D eigenvalue weighted by Crippen LogP contribution is -2.21. The lowest BCUT2D eigenvalue weighted by molar-refractivity contribution is 0.232. The van der Waals surface area contributed by atoms with Gasteiger partial charge in [0.15, 0.2) is 0 Å². The number of unbranched alkanes of at least 4 members (excludes halogenated alkanes) is 3. The van der Waals surface area contributed by atoms with Crippen molar-refractivity contribution < 1.29 is 4.74 Å². The third-order valence-electron chi connectivity index (χ3n) is 5.57. The van der Waals surface area contributed by atoms with Gasteiger partial charge >= 0.3 is 0 Å². The number of hydrogen-bond donors (Lipinski definition) is 0. The molecule has 0 radical (unpaired) electrons. The summed E-state index contributed by atoms with van der Waals surface area (Å²) < 4.78 is 5.79. The standard InChI is InChI=1S/C22H36O/c1-4-6-8-9-19-10-15-22(18(3)17-19)20-11-13-21(14-12-20)23-16-7-5-2/h11-14,18-19,22H,4-10,15-17H2,1-3H3. The summed E-state index contributed by atoms with van der Waals surface area (Å²) in [6.45, 7) is 7.80. The molecule has 1 aliphatic carbocycles. The van der Waals surface area contributed by atoms with Crippen molar-refractivity contribution in [1.29, 1.82) is 0 Å². The number of ether oxygens (including phenoxy) is 1. The Labute approximate surface area is 143 Å². The van der Waals surface area contributed by atoms with Crippen molar-refractivity contribution in [3.05, 3.63) is 29.8 Å². The molecule has 0 amide bonds. The number of rotatable bonds is 9. The first-order valence-corrected chi connectivity index (χ1v) is 9.97. The topological polar surface area (TPSA) is 9.23 Å². The normalized spacial score (nSPS) is 24.6. The van der Waals surface area contributed by atoms with Crippen LogP contribution >= 0.6 is 0 Å². The first-order chi connectivity index (χ1) is 11.2. The van der Waals surface area contributed by atoms with Crippen molar-refractivity contribution in [2.45, 2.75) is 84.5 Å². The molecule has 1 aromatic rings. The second-order valence-corrected chi connectivity index (χ2v) is 7.53. The molecular weight excluding hydrogens is 280 g/mol. The Balaban J connectivity index is 1.82. The molecule has 1 nitrogen and oxygen atoms in total. The monoisotopic (exact) mass is 316 g/mol. The summed E-state index contributed by atoms with van der Waals surface area (Å²) in [6, 6.07) is 8.95. The Hall–Kier alpha value is -0.980. The third-order valence-corrected chi connectivity index (χ3v) is 5.57. The lowest BCUT2D eigenvalue weighted by atomic mass is 9.71. The molecule has 3 atom stereocenters. The van der Waals surface area contributed by atoms with Gasteiger partial charge in [0.2, 0.25) is 0 Å². The van der Waals surface area contributed by atoms with Crippen molar-refractivity contribution in [3.63, 3.8) is 0 Å². The van der Waals surface area contributed by atoms with Crippen LogP contribution in [0.4, 0.5) is 0 Å². The zero-order chi connectivity index (χ0) is 16.5. The highest BCUT2D eigenvalue weighted by atomic mass is 16.5. The number of hydrogen-bond acceptors (Lipinski definition) is 1. The van der Waals surface area contributed by atoms with E-state index >= 15 is 0 Å². The van der Waals surface area contributed by atoms with E-state index in [1.54, 1.807) is 0 Å². The molecule has 0 spiro atoms. The van der Waals surface area contributed by atoms with Crippen LogP contribution in [0.3, 0.4) is 0 Å². The fraction of sp³-hybridized carbons (Fsp3) is 0.727. The van der Waals surface area contributed by atoms with Crippen molar-refractivity contribution in [3.8, 4) is 5.75 Å². The van der Waals surface area contributed by atoms with Gasteiger partial charge < -0.3 is 4.74 Å². The Morgan fingerprint density at radius 1 is 0.957 bits per heavy atom. The molecular formula is C22H36O. The van der Waals surface area contributed by atoms with Crippen LogP contribution in [0.2, 0.25) is 0 Å². The van der Waals surface area contributed by atoms with Crippen molar-refractivity contribution in [2.75, 3.05) is 6.61 Å². The maximum absolute atomic E-state index is 5.79. The molecule has 2 rings (SSSR count). The minimum absolute atomic E-state index is 0.752. The molecule has 130 valence electrons. The highest BCUT2D eigenvalue weighted by molar-refractivity contribution is 5.30. The quantitative estimate of drug-likeness (QED) is 0.447. The average molecular weight is 317 g/mol. The summed E-state index contributed by atoms with van der Waals surface area (Å²) in [5, 5.41) is 0. The van der Waals surface area contributed by atoms with Crippen LogP contribution in [0.5, 0.6) is 5.75 Å². The molecule has 0 aliphatic heterocycles. The fourth-order valence-corrected chi connectivity index (χ4v) is 4.09. The zero-order valence-corrected chi connectivity index (χ0v) is 15.5. The van der Waals surface area contributed by atoms with E-state index < -0.39 is 0 Å². The van der Waals surface area contributed by atoms with E-state index in [1.807, 2.05) is 0 Å². The molecule has 1 fully saturated rings. The van der Waals surface area contributed by atoms with Gasteiger partial charge in [0, 0.05) is 0 Å². The smallest absolute Gasteiger partial charge is 0.119 e.